The average Bonchev–Trinajstić information content (AvgIpc) is 3.08. The Labute approximate surface area is 139 Å². The van der Waals surface area contributed by atoms with E-state index in [2.05, 4.69) is 20.8 Å². The lowest BCUT2D eigenvalue weighted by atomic mass is 10.3. The van der Waals surface area contributed by atoms with Crippen molar-refractivity contribution >= 4 is 11.8 Å². The molecule has 1 atom stereocenters. The molecule has 0 spiro atoms. The molecule has 0 aliphatic carbocycles. The number of methoxy groups -OCH3 is 1. The molecule has 8 heteroatoms. The van der Waals surface area contributed by atoms with E-state index in [0.717, 1.165) is 0 Å². The quantitative estimate of drug-likeness (QED) is 0.697. The molecular formula is C16H20N4O4. The highest BCUT2D eigenvalue weighted by molar-refractivity contribution is 5.95. The number of hydrogen-bond donors (Lipinski definition) is 3. The molecule has 2 amide bonds. The lowest BCUT2D eigenvalue weighted by Gasteiger charge is -2.10. The summed E-state index contributed by atoms with van der Waals surface area (Å²) in [6, 6.07) is 8.19. The fraction of sp³-hybridized carbons (Fsp3) is 0.312. The van der Waals surface area contributed by atoms with Gasteiger partial charge < -0.3 is 20.1 Å². The van der Waals surface area contributed by atoms with Gasteiger partial charge in [-0.1, -0.05) is 12.1 Å². The van der Waals surface area contributed by atoms with Crippen LogP contribution < -0.4 is 20.1 Å². The molecule has 0 saturated carbocycles. The molecule has 0 fully saturated rings. The second-order valence-electron chi connectivity index (χ2n) is 5.03. The summed E-state index contributed by atoms with van der Waals surface area (Å²) in [6.45, 7) is 1.79. The van der Waals surface area contributed by atoms with Gasteiger partial charge in [0, 0.05) is 7.05 Å². The predicted octanol–water partition coefficient (Wildman–Crippen LogP) is 0.862. The summed E-state index contributed by atoms with van der Waals surface area (Å²) >= 11 is 0. The largest absolute Gasteiger partial charge is 0.493 e. The summed E-state index contributed by atoms with van der Waals surface area (Å²) in [6.07, 6.45) is 0. The third kappa shape index (κ3) is 4.25. The molecule has 128 valence electrons. The number of nitrogens with zero attached hydrogens (tertiary/aromatic N) is 1. The summed E-state index contributed by atoms with van der Waals surface area (Å²) in [5.41, 5.74) is 0.808. The molecule has 0 bridgehead atoms. The van der Waals surface area contributed by atoms with Crippen molar-refractivity contribution in [1.29, 1.82) is 0 Å². The van der Waals surface area contributed by atoms with Gasteiger partial charge in [0.2, 0.25) is 5.91 Å². The van der Waals surface area contributed by atoms with Gasteiger partial charge in [-0.3, -0.25) is 14.7 Å². The zero-order valence-corrected chi connectivity index (χ0v) is 13.8. The fourth-order valence-corrected chi connectivity index (χ4v) is 2.00. The number of hydrogen-bond acceptors (Lipinski definition) is 5. The zero-order valence-electron chi connectivity index (χ0n) is 13.8. The SMILES string of the molecule is CNC(=O)[C@H](C)NC(=O)c1cc(COc2ccccc2OC)[nH]n1. The monoisotopic (exact) mass is 332 g/mol. The van der Waals surface area contributed by atoms with Gasteiger partial charge in [0.1, 0.15) is 18.3 Å². The summed E-state index contributed by atoms with van der Waals surface area (Å²) in [4.78, 5) is 23.4. The molecule has 0 unspecified atom stereocenters. The van der Waals surface area contributed by atoms with Crippen LogP contribution in [-0.4, -0.2) is 42.2 Å². The number of likely N-dealkylation sites (N-methyl/N-ethyl adjacent to an activating group) is 1. The minimum absolute atomic E-state index is 0.185. The van der Waals surface area contributed by atoms with Crippen LogP contribution in [0.25, 0.3) is 0 Å². The Morgan fingerprint density at radius 2 is 2.00 bits per heavy atom. The lowest BCUT2D eigenvalue weighted by molar-refractivity contribution is -0.122. The highest BCUT2D eigenvalue weighted by atomic mass is 16.5. The fourth-order valence-electron chi connectivity index (χ4n) is 2.00. The third-order valence-electron chi connectivity index (χ3n) is 3.30. The number of carbonyl (C=O) groups excluding carboxylic acids is 2. The van der Waals surface area contributed by atoms with Crippen molar-refractivity contribution in [2.45, 2.75) is 19.6 Å². The molecule has 2 rings (SSSR count). The maximum absolute atomic E-state index is 12.0. The molecule has 0 aliphatic rings. The normalized spacial score (nSPS) is 11.5. The number of carbonyl (C=O) groups is 2. The van der Waals surface area contributed by atoms with Crippen molar-refractivity contribution in [3.63, 3.8) is 0 Å². The molecule has 24 heavy (non-hydrogen) atoms. The molecule has 1 heterocycles. The number of amides is 2. The second-order valence-corrected chi connectivity index (χ2v) is 5.03. The van der Waals surface area contributed by atoms with Crippen LogP contribution in [0.5, 0.6) is 11.5 Å². The second kappa shape index (κ2) is 8.00. The number of H-pyrrole nitrogens is 1. The molecule has 0 aliphatic heterocycles. The molecule has 1 aromatic heterocycles. The zero-order chi connectivity index (χ0) is 17.5. The van der Waals surface area contributed by atoms with Crippen molar-refractivity contribution in [3.05, 3.63) is 41.7 Å². The first-order valence-corrected chi connectivity index (χ1v) is 7.37. The Morgan fingerprint density at radius 1 is 1.29 bits per heavy atom. The van der Waals surface area contributed by atoms with E-state index >= 15 is 0 Å². The molecule has 0 saturated heterocycles. The lowest BCUT2D eigenvalue weighted by Crippen LogP contribution is -2.43. The minimum Gasteiger partial charge on any atom is -0.493 e. The van der Waals surface area contributed by atoms with E-state index in [1.807, 2.05) is 12.1 Å². The number of benzene rings is 1. The minimum atomic E-state index is -0.646. The number of ether oxygens (including phenoxy) is 2. The van der Waals surface area contributed by atoms with Crippen molar-refractivity contribution < 1.29 is 19.1 Å². The summed E-state index contributed by atoms with van der Waals surface area (Å²) in [5, 5.41) is 11.7. The Kier molecular flexibility index (Phi) is 5.78. The smallest absolute Gasteiger partial charge is 0.272 e. The van der Waals surface area contributed by atoms with Crippen LogP contribution in [0.2, 0.25) is 0 Å². The Balaban J connectivity index is 1.95. The Bertz CT molecular complexity index is 714. The molecule has 8 nitrogen and oxygen atoms in total. The van der Waals surface area contributed by atoms with E-state index in [-0.39, 0.29) is 18.2 Å². The van der Waals surface area contributed by atoms with Crippen molar-refractivity contribution in [2.24, 2.45) is 0 Å². The van der Waals surface area contributed by atoms with Crippen molar-refractivity contribution in [3.8, 4) is 11.5 Å². The molecule has 3 N–H and O–H groups in total. The molecule has 2 aromatic rings. The maximum Gasteiger partial charge on any atom is 0.272 e. The first kappa shape index (κ1) is 17.3. The van der Waals surface area contributed by atoms with E-state index in [1.165, 1.54) is 7.05 Å². The van der Waals surface area contributed by atoms with E-state index < -0.39 is 11.9 Å². The van der Waals surface area contributed by atoms with Gasteiger partial charge in [0.25, 0.3) is 5.91 Å². The predicted molar refractivity (Wildman–Crippen MR) is 86.9 cm³/mol. The topological polar surface area (TPSA) is 105 Å². The Morgan fingerprint density at radius 3 is 2.67 bits per heavy atom. The van der Waals surface area contributed by atoms with Gasteiger partial charge in [0.05, 0.1) is 12.8 Å². The number of para-hydroxylation sites is 2. The molecule has 1 aromatic carbocycles. The summed E-state index contributed by atoms with van der Waals surface area (Å²) in [5.74, 6) is 0.493. The van der Waals surface area contributed by atoms with Gasteiger partial charge >= 0.3 is 0 Å². The van der Waals surface area contributed by atoms with Crippen LogP contribution in [0.1, 0.15) is 23.1 Å². The van der Waals surface area contributed by atoms with Gasteiger partial charge in [-0.15, -0.1) is 0 Å². The summed E-state index contributed by atoms with van der Waals surface area (Å²) in [7, 11) is 3.07. The van der Waals surface area contributed by atoms with Crippen LogP contribution >= 0.6 is 0 Å². The van der Waals surface area contributed by atoms with E-state index in [4.69, 9.17) is 9.47 Å². The Hall–Kier alpha value is -3.03. The molecular weight excluding hydrogens is 312 g/mol. The van der Waals surface area contributed by atoms with Crippen LogP contribution in [0, 0.1) is 0 Å². The van der Waals surface area contributed by atoms with E-state index in [1.54, 1.807) is 32.2 Å². The van der Waals surface area contributed by atoms with Crippen LogP contribution in [-0.2, 0) is 11.4 Å². The number of rotatable bonds is 7. The van der Waals surface area contributed by atoms with Gasteiger partial charge in [-0.05, 0) is 25.1 Å². The van der Waals surface area contributed by atoms with Gasteiger partial charge in [0.15, 0.2) is 11.5 Å². The average molecular weight is 332 g/mol. The van der Waals surface area contributed by atoms with E-state index in [0.29, 0.717) is 17.2 Å². The summed E-state index contributed by atoms with van der Waals surface area (Å²) < 4.78 is 10.9. The number of aromatic amines is 1. The highest BCUT2D eigenvalue weighted by Crippen LogP contribution is 2.26. The van der Waals surface area contributed by atoms with Gasteiger partial charge in [-0.25, -0.2) is 0 Å². The van der Waals surface area contributed by atoms with E-state index in [9.17, 15) is 9.59 Å². The highest BCUT2D eigenvalue weighted by Gasteiger charge is 2.17. The maximum atomic E-state index is 12.0. The van der Waals surface area contributed by atoms with Crippen LogP contribution in [0.3, 0.4) is 0 Å². The number of nitrogens with one attached hydrogen (secondary N) is 3. The van der Waals surface area contributed by atoms with Crippen molar-refractivity contribution in [2.75, 3.05) is 14.2 Å². The first-order valence-electron chi connectivity index (χ1n) is 7.37. The van der Waals surface area contributed by atoms with Gasteiger partial charge in [-0.2, -0.15) is 5.10 Å². The standard InChI is InChI=1S/C16H20N4O4/c1-10(15(21)17-2)18-16(22)12-8-11(19-20-12)9-24-14-7-5-4-6-13(14)23-3/h4-8,10H,9H2,1-3H3,(H,17,21)(H,18,22)(H,19,20)/t10-/m0/s1. The molecule has 0 radical (unpaired) electrons. The van der Waals surface area contributed by atoms with Crippen LogP contribution in [0.4, 0.5) is 0 Å². The van der Waals surface area contributed by atoms with Crippen LogP contribution in [0.15, 0.2) is 30.3 Å². The first-order chi connectivity index (χ1) is 11.5. The third-order valence-corrected chi connectivity index (χ3v) is 3.30. The number of aromatic nitrogens is 2. The van der Waals surface area contributed by atoms with Crippen molar-refractivity contribution in [1.82, 2.24) is 20.8 Å².